The lowest BCUT2D eigenvalue weighted by Crippen LogP contribution is -2.45. The molecule has 1 aliphatic heterocycles. The molecule has 3 amide bonds. The highest BCUT2D eigenvalue weighted by Gasteiger charge is 2.34. The first kappa shape index (κ1) is 29.9. The number of carbonyl (C=O) groups is 3. The summed E-state index contributed by atoms with van der Waals surface area (Å²) in [4.78, 5) is 41.6. The Bertz CT molecular complexity index is 1230. The molecule has 0 radical (unpaired) electrons. The van der Waals surface area contributed by atoms with Crippen molar-refractivity contribution in [3.05, 3.63) is 58.6 Å². The van der Waals surface area contributed by atoms with Gasteiger partial charge in [0.2, 0.25) is 18.0 Å². The van der Waals surface area contributed by atoms with Gasteiger partial charge in [0.1, 0.15) is 5.75 Å². The van der Waals surface area contributed by atoms with Crippen LogP contribution in [-0.2, 0) is 14.4 Å². The number of rotatable bonds is 8. The number of aliphatic imine (C=N–C) groups is 1. The third-order valence-electron chi connectivity index (χ3n) is 6.11. The Morgan fingerprint density at radius 1 is 1.21 bits per heavy atom. The fourth-order valence-electron chi connectivity index (χ4n) is 3.74. The Morgan fingerprint density at radius 3 is 2.38 bits per heavy atom. The summed E-state index contributed by atoms with van der Waals surface area (Å²) < 4.78 is 43.5. The molecule has 2 unspecified atom stereocenters. The summed E-state index contributed by atoms with van der Waals surface area (Å²) in [6, 6.07) is 11.6. The van der Waals surface area contributed by atoms with Gasteiger partial charge in [-0.25, -0.2) is 4.99 Å². The number of hydrogen-bond acceptors (Lipinski definition) is 5. The van der Waals surface area contributed by atoms with Crippen molar-refractivity contribution in [2.75, 3.05) is 12.4 Å². The molecule has 4 N–H and O–H groups in total. The van der Waals surface area contributed by atoms with Crippen molar-refractivity contribution in [3.8, 4) is 5.75 Å². The third-order valence-corrected chi connectivity index (χ3v) is 6.37. The quantitative estimate of drug-likeness (QED) is 0.423. The van der Waals surface area contributed by atoms with Gasteiger partial charge in [-0.1, -0.05) is 55.6 Å². The first-order chi connectivity index (χ1) is 18.4. The van der Waals surface area contributed by atoms with E-state index in [2.05, 4.69) is 22.5 Å². The minimum Gasteiger partial charge on any atom is -0.495 e. The lowest BCUT2D eigenvalue weighted by Gasteiger charge is -2.19. The van der Waals surface area contributed by atoms with E-state index in [4.69, 9.17) is 22.1 Å². The summed E-state index contributed by atoms with van der Waals surface area (Å²) in [5.74, 6) is -2.62. The topological polar surface area (TPSA) is 123 Å². The predicted molar refractivity (Wildman–Crippen MR) is 142 cm³/mol. The number of nitrogens with one attached hydrogen (secondary N) is 2. The maximum atomic E-state index is 13.0. The van der Waals surface area contributed by atoms with E-state index in [0.717, 1.165) is 5.92 Å². The Hall–Kier alpha value is -3.60. The second-order valence-corrected chi connectivity index (χ2v) is 9.91. The Morgan fingerprint density at radius 2 is 1.85 bits per heavy atom. The molecule has 0 aromatic heterocycles. The highest BCUT2D eigenvalue weighted by molar-refractivity contribution is 6.31. The van der Waals surface area contributed by atoms with Crippen molar-refractivity contribution in [2.45, 2.75) is 51.4 Å². The van der Waals surface area contributed by atoms with Gasteiger partial charge in [0.15, 0.2) is 0 Å². The van der Waals surface area contributed by atoms with Gasteiger partial charge in [-0.2, -0.15) is 13.2 Å². The SMILES string of the molecule is CC1CC1.COc1cccc2c1NC(=O)C(NC(=O)C(CCC(F)(F)F)CC(N)=O)N=C2c1ccc(Cl)cc1. The molecule has 0 saturated heterocycles. The normalized spacial score (nSPS) is 17.3. The molecular weight excluding hydrogens is 537 g/mol. The van der Waals surface area contributed by atoms with Crippen molar-refractivity contribution in [1.82, 2.24) is 5.32 Å². The number of nitrogens with two attached hydrogens (primary N) is 1. The largest absolute Gasteiger partial charge is 0.495 e. The zero-order valence-electron chi connectivity index (χ0n) is 21.5. The number of benzene rings is 2. The standard InChI is InChI=1S/C23H22ClF3N4O4.C4H8/c1-35-16-4-2-3-15-18(12-5-7-14(24)8-6-12)29-20(22(34)30-19(15)16)31-21(33)13(11-17(28)32)9-10-23(25,26)27;1-4-2-3-4/h2-8,13,20H,9-11H2,1H3,(H2,28,32)(H,30,34)(H,31,33);4H,2-3H2,1H3. The molecule has 1 heterocycles. The van der Waals surface area contributed by atoms with E-state index < -0.39 is 55.2 Å². The number of benzodiazepines with no additional fused rings is 1. The maximum absolute atomic E-state index is 13.0. The van der Waals surface area contributed by atoms with E-state index in [-0.39, 0.29) is 0 Å². The van der Waals surface area contributed by atoms with Gasteiger partial charge in [0, 0.05) is 34.9 Å². The molecule has 1 fully saturated rings. The van der Waals surface area contributed by atoms with E-state index in [1.807, 2.05) is 0 Å². The Kier molecular flexibility index (Phi) is 9.96. The number of para-hydroxylation sites is 1. The molecule has 2 atom stereocenters. The number of fused-ring (bicyclic) bond motifs is 1. The minimum absolute atomic E-state index is 0.302. The van der Waals surface area contributed by atoms with Crippen LogP contribution in [0.1, 0.15) is 50.2 Å². The number of anilines is 1. The number of halogens is 4. The van der Waals surface area contributed by atoms with Crippen molar-refractivity contribution < 1.29 is 32.3 Å². The molecule has 2 aliphatic rings. The number of nitrogens with zero attached hydrogens (tertiary/aromatic N) is 1. The van der Waals surface area contributed by atoms with Gasteiger partial charge >= 0.3 is 6.18 Å². The summed E-state index contributed by atoms with van der Waals surface area (Å²) in [5, 5.41) is 5.47. The number of ether oxygens (including phenoxy) is 1. The van der Waals surface area contributed by atoms with Crippen LogP contribution in [0.3, 0.4) is 0 Å². The molecule has 39 heavy (non-hydrogen) atoms. The number of hydrogen-bond donors (Lipinski definition) is 3. The number of carbonyl (C=O) groups excluding carboxylic acids is 3. The van der Waals surface area contributed by atoms with Crippen LogP contribution in [0.4, 0.5) is 18.9 Å². The Labute approximate surface area is 229 Å². The van der Waals surface area contributed by atoms with Gasteiger partial charge in [0.25, 0.3) is 5.91 Å². The minimum atomic E-state index is -4.53. The molecule has 210 valence electrons. The van der Waals surface area contributed by atoms with E-state index in [9.17, 15) is 27.6 Å². The highest BCUT2D eigenvalue weighted by Crippen LogP contribution is 2.33. The van der Waals surface area contributed by atoms with Crippen LogP contribution in [0.15, 0.2) is 47.5 Å². The molecular formula is C27H30ClF3N4O4. The summed E-state index contributed by atoms with van der Waals surface area (Å²) >= 11 is 5.99. The summed E-state index contributed by atoms with van der Waals surface area (Å²) in [5.41, 5.74) is 6.78. The summed E-state index contributed by atoms with van der Waals surface area (Å²) in [6.45, 7) is 2.28. The third kappa shape index (κ3) is 8.98. The second kappa shape index (κ2) is 13.0. The average Bonchev–Trinajstić information content (AvgIpc) is 3.67. The van der Waals surface area contributed by atoms with E-state index >= 15 is 0 Å². The fourth-order valence-corrected chi connectivity index (χ4v) is 3.86. The molecule has 4 rings (SSSR count). The van der Waals surface area contributed by atoms with E-state index in [1.165, 1.54) is 20.0 Å². The molecule has 1 aliphatic carbocycles. The number of alkyl halides is 3. The molecule has 0 bridgehead atoms. The van der Waals surface area contributed by atoms with Gasteiger partial charge in [-0.05, 0) is 30.5 Å². The highest BCUT2D eigenvalue weighted by atomic mass is 35.5. The molecule has 0 spiro atoms. The predicted octanol–water partition coefficient (Wildman–Crippen LogP) is 4.83. The Balaban J connectivity index is 0.000000960. The summed E-state index contributed by atoms with van der Waals surface area (Å²) in [6.07, 6.45) is -5.65. The van der Waals surface area contributed by atoms with E-state index in [1.54, 1.807) is 42.5 Å². The molecule has 1 saturated carbocycles. The van der Waals surface area contributed by atoms with Crippen LogP contribution in [0.2, 0.25) is 5.02 Å². The number of amides is 3. The average molecular weight is 567 g/mol. The van der Waals surface area contributed by atoms with Crippen LogP contribution in [-0.4, -0.2) is 42.9 Å². The van der Waals surface area contributed by atoms with Crippen molar-refractivity contribution in [3.63, 3.8) is 0 Å². The van der Waals surface area contributed by atoms with Crippen LogP contribution in [0.5, 0.6) is 5.75 Å². The monoisotopic (exact) mass is 566 g/mol. The molecule has 8 nitrogen and oxygen atoms in total. The van der Waals surface area contributed by atoms with Crippen LogP contribution >= 0.6 is 11.6 Å². The summed E-state index contributed by atoms with van der Waals surface area (Å²) in [7, 11) is 1.42. The lowest BCUT2D eigenvalue weighted by atomic mass is 9.97. The molecule has 12 heteroatoms. The molecule has 2 aromatic carbocycles. The zero-order valence-corrected chi connectivity index (χ0v) is 22.2. The van der Waals surface area contributed by atoms with Crippen molar-refractivity contribution >= 4 is 40.7 Å². The maximum Gasteiger partial charge on any atom is 0.389 e. The van der Waals surface area contributed by atoms with Crippen molar-refractivity contribution in [1.29, 1.82) is 0 Å². The first-order valence-electron chi connectivity index (χ1n) is 12.4. The molecule has 2 aromatic rings. The van der Waals surface area contributed by atoms with E-state index in [0.29, 0.717) is 33.3 Å². The number of primary amides is 1. The second-order valence-electron chi connectivity index (χ2n) is 9.47. The van der Waals surface area contributed by atoms with Crippen LogP contribution in [0.25, 0.3) is 0 Å². The van der Waals surface area contributed by atoms with Gasteiger partial charge < -0.3 is 21.1 Å². The van der Waals surface area contributed by atoms with Crippen LogP contribution in [0, 0.1) is 11.8 Å². The van der Waals surface area contributed by atoms with Crippen LogP contribution < -0.4 is 21.1 Å². The van der Waals surface area contributed by atoms with Gasteiger partial charge in [-0.3, -0.25) is 14.4 Å². The zero-order chi connectivity index (χ0) is 28.7. The lowest BCUT2D eigenvalue weighted by molar-refractivity contribution is -0.143. The smallest absolute Gasteiger partial charge is 0.389 e. The number of methoxy groups -OCH3 is 1. The van der Waals surface area contributed by atoms with Gasteiger partial charge in [-0.15, -0.1) is 0 Å². The van der Waals surface area contributed by atoms with Crippen molar-refractivity contribution in [2.24, 2.45) is 22.6 Å². The first-order valence-corrected chi connectivity index (χ1v) is 12.7. The fraction of sp³-hybridized carbons (Fsp3) is 0.407. The van der Waals surface area contributed by atoms with Gasteiger partial charge in [0.05, 0.1) is 18.5 Å².